The van der Waals surface area contributed by atoms with E-state index < -0.39 is 0 Å². The number of thioether (sulfide) groups is 1. The molecule has 6 heteroatoms. The minimum Gasteiger partial charge on any atom is -0.493 e. The van der Waals surface area contributed by atoms with Crippen molar-refractivity contribution in [2.45, 2.75) is 18.8 Å². The third kappa shape index (κ3) is 3.66. The highest BCUT2D eigenvalue weighted by Crippen LogP contribution is 2.43. The van der Waals surface area contributed by atoms with Crippen LogP contribution in [0.3, 0.4) is 0 Å². The lowest BCUT2D eigenvalue weighted by molar-refractivity contribution is -0.128. The molecule has 24 heavy (non-hydrogen) atoms. The van der Waals surface area contributed by atoms with Crippen molar-refractivity contribution in [1.29, 1.82) is 0 Å². The predicted molar refractivity (Wildman–Crippen MR) is 99.8 cm³/mol. The van der Waals surface area contributed by atoms with Gasteiger partial charge >= 0.3 is 0 Å². The van der Waals surface area contributed by atoms with Gasteiger partial charge in [-0.05, 0) is 30.7 Å². The lowest BCUT2D eigenvalue weighted by Gasteiger charge is -2.26. The van der Waals surface area contributed by atoms with Gasteiger partial charge in [-0.2, -0.15) is 0 Å². The van der Waals surface area contributed by atoms with Crippen LogP contribution in [0.25, 0.3) is 0 Å². The molecule has 0 radical (unpaired) electrons. The smallest absolute Gasteiger partial charge is 0.234 e. The second-order valence-electron chi connectivity index (χ2n) is 5.40. The quantitative estimate of drug-likeness (QED) is 0.715. The van der Waals surface area contributed by atoms with Crippen LogP contribution in [0.15, 0.2) is 42.5 Å². The van der Waals surface area contributed by atoms with Gasteiger partial charge in [-0.1, -0.05) is 47.5 Å². The SMILES string of the molecule is CCOc1ccccc1C1SCC(=O)N1Cc1ccc(Cl)c(Cl)c1. The maximum absolute atomic E-state index is 12.4. The summed E-state index contributed by atoms with van der Waals surface area (Å²) in [7, 11) is 0. The molecule has 1 aliphatic heterocycles. The zero-order valence-corrected chi connectivity index (χ0v) is 15.5. The van der Waals surface area contributed by atoms with Gasteiger partial charge in [-0.3, -0.25) is 4.79 Å². The third-order valence-corrected chi connectivity index (χ3v) is 5.77. The second-order valence-corrected chi connectivity index (χ2v) is 7.29. The molecule has 1 aliphatic rings. The first-order chi connectivity index (χ1) is 11.6. The summed E-state index contributed by atoms with van der Waals surface area (Å²) in [5.41, 5.74) is 1.98. The number of carbonyl (C=O) groups is 1. The van der Waals surface area contributed by atoms with Crippen molar-refractivity contribution in [3.63, 3.8) is 0 Å². The molecule has 2 aromatic carbocycles. The van der Waals surface area contributed by atoms with E-state index in [1.54, 1.807) is 17.8 Å². The Bertz CT molecular complexity index is 754. The summed E-state index contributed by atoms with van der Waals surface area (Å²) >= 11 is 13.7. The first-order valence-electron chi connectivity index (χ1n) is 7.67. The van der Waals surface area contributed by atoms with Gasteiger partial charge in [-0.25, -0.2) is 0 Å². The van der Waals surface area contributed by atoms with Crippen LogP contribution >= 0.6 is 35.0 Å². The molecule has 1 heterocycles. The normalized spacial score (nSPS) is 17.4. The number of hydrogen-bond donors (Lipinski definition) is 0. The molecule has 0 saturated carbocycles. The van der Waals surface area contributed by atoms with Crippen LogP contribution in [0, 0.1) is 0 Å². The van der Waals surface area contributed by atoms with Crippen molar-refractivity contribution < 1.29 is 9.53 Å². The summed E-state index contributed by atoms with van der Waals surface area (Å²) in [6.45, 7) is 3.04. The zero-order valence-electron chi connectivity index (χ0n) is 13.2. The monoisotopic (exact) mass is 381 g/mol. The fraction of sp³-hybridized carbons (Fsp3) is 0.278. The molecule has 1 atom stereocenters. The minimum absolute atomic E-state index is 0.0605. The Hall–Kier alpha value is -1.36. The summed E-state index contributed by atoms with van der Waals surface area (Å²) in [5.74, 6) is 1.40. The van der Waals surface area contributed by atoms with Crippen molar-refractivity contribution >= 4 is 40.9 Å². The fourth-order valence-corrected chi connectivity index (χ4v) is 4.22. The zero-order chi connectivity index (χ0) is 17.1. The largest absolute Gasteiger partial charge is 0.493 e. The molecule has 1 fully saturated rings. The van der Waals surface area contributed by atoms with Gasteiger partial charge in [0.2, 0.25) is 5.91 Å². The number of nitrogens with zero attached hydrogens (tertiary/aromatic N) is 1. The van der Waals surface area contributed by atoms with Gasteiger partial charge in [-0.15, -0.1) is 11.8 Å². The van der Waals surface area contributed by atoms with Gasteiger partial charge < -0.3 is 9.64 Å². The first kappa shape index (κ1) is 17.5. The Morgan fingerprint density at radius 2 is 2.00 bits per heavy atom. The highest BCUT2D eigenvalue weighted by Gasteiger charge is 2.34. The Morgan fingerprint density at radius 1 is 1.21 bits per heavy atom. The van der Waals surface area contributed by atoms with Gasteiger partial charge in [0, 0.05) is 12.1 Å². The van der Waals surface area contributed by atoms with Gasteiger partial charge in [0.15, 0.2) is 0 Å². The van der Waals surface area contributed by atoms with Crippen LogP contribution in [0.2, 0.25) is 10.0 Å². The summed E-state index contributed by atoms with van der Waals surface area (Å²) in [5, 5.41) is 0.954. The fourth-order valence-electron chi connectivity index (χ4n) is 2.69. The van der Waals surface area contributed by atoms with Crippen molar-refractivity contribution in [2.75, 3.05) is 12.4 Å². The van der Waals surface area contributed by atoms with E-state index in [4.69, 9.17) is 27.9 Å². The molecule has 0 aliphatic carbocycles. The first-order valence-corrected chi connectivity index (χ1v) is 9.47. The summed E-state index contributed by atoms with van der Waals surface area (Å²) in [4.78, 5) is 14.3. The molecular formula is C18H17Cl2NO2S. The second kappa shape index (κ2) is 7.68. The van der Waals surface area contributed by atoms with Crippen LogP contribution < -0.4 is 4.74 Å². The van der Waals surface area contributed by atoms with Crippen molar-refractivity contribution in [2.24, 2.45) is 0 Å². The van der Waals surface area contributed by atoms with Crippen LogP contribution in [-0.2, 0) is 11.3 Å². The summed E-state index contributed by atoms with van der Waals surface area (Å²) in [6.07, 6.45) is 0. The number of amides is 1. The average Bonchev–Trinajstić information content (AvgIpc) is 2.93. The lowest BCUT2D eigenvalue weighted by Crippen LogP contribution is -2.28. The molecular weight excluding hydrogens is 365 g/mol. The number of hydrogen-bond acceptors (Lipinski definition) is 3. The molecule has 1 unspecified atom stereocenters. The number of carbonyl (C=O) groups excluding carboxylic acids is 1. The number of ether oxygens (including phenoxy) is 1. The third-order valence-electron chi connectivity index (χ3n) is 3.79. The Balaban J connectivity index is 1.88. The molecule has 2 aromatic rings. The molecule has 0 aromatic heterocycles. The summed E-state index contributed by atoms with van der Waals surface area (Å²) < 4.78 is 5.73. The standard InChI is InChI=1S/C18H17Cl2NO2S/c1-2-23-16-6-4-3-5-13(16)18-21(17(22)11-24-18)10-12-7-8-14(19)15(20)9-12/h3-9,18H,2,10-11H2,1H3. The number of para-hydroxylation sites is 1. The molecule has 0 spiro atoms. The highest BCUT2D eigenvalue weighted by molar-refractivity contribution is 8.00. The molecule has 1 amide bonds. The Morgan fingerprint density at radius 3 is 2.75 bits per heavy atom. The van der Waals surface area contributed by atoms with E-state index in [0.29, 0.717) is 28.9 Å². The Kier molecular flexibility index (Phi) is 5.59. The van der Waals surface area contributed by atoms with E-state index in [1.165, 1.54) is 0 Å². The van der Waals surface area contributed by atoms with Crippen LogP contribution in [0.4, 0.5) is 0 Å². The lowest BCUT2D eigenvalue weighted by atomic mass is 10.1. The summed E-state index contributed by atoms with van der Waals surface area (Å²) in [6, 6.07) is 13.3. The van der Waals surface area contributed by atoms with Crippen molar-refractivity contribution in [1.82, 2.24) is 4.90 Å². The number of halogens is 2. The molecule has 126 valence electrons. The van der Waals surface area contributed by atoms with Crippen LogP contribution in [-0.4, -0.2) is 23.2 Å². The van der Waals surface area contributed by atoms with E-state index in [9.17, 15) is 4.79 Å². The number of benzene rings is 2. The van der Waals surface area contributed by atoms with Crippen molar-refractivity contribution in [3.05, 3.63) is 63.6 Å². The van der Waals surface area contributed by atoms with Gasteiger partial charge in [0.25, 0.3) is 0 Å². The van der Waals surface area contributed by atoms with E-state index in [1.807, 2.05) is 48.2 Å². The molecule has 0 bridgehead atoms. The van der Waals surface area contributed by atoms with Crippen molar-refractivity contribution in [3.8, 4) is 5.75 Å². The van der Waals surface area contributed by atoms with Gasteiger partial charge in [0.05, 0.1) is 22.4 Å². The van der Waals surface area contributed by atoms with Crippen LogP contribution in [0.1, 0.15) is 23.4 Å². The number of rotatable bonds is 5. The highest BCUT2D eigenvalue weighted by atomic mass is 35.5. The Labute approximate surface area is 155 Å². The van der Waals surface area contributed by atoms with E-state index >= 15 is 0 Å². The molecule has 1 saturated heterocycles. The average molecular weight is 382 g/mol. The minimum atomic E-state index is -0.0605. The molecule has 3 nitrogen and oxygen atoms in total. The molecule has 3 rings (SSSR count). The van der Waals surface area contributed by atoms with E-state index in [2.05, 4.69) is 0 Å². The van der Waals surface area contributed by atoms with Crippen LogP contribution in [0.5, 0.6) is 5.75 Å². The molecule has 0 N–H and O–H groups in total. The maximum Gasteiger partial charge on any atom is 0.234 e. The van der Waals surface area contributed by atoms with E-state index in [0.717, 1.165) is 16.9 Å². The topological polar surface area (TPSA) is 29.5 Å². The van der Waals surface area contributed by atoms with E-state index in [-0.39, 0.29) is 11.3 Å². The predicted octanol–water partition coefficient (Wildman–Crippen LogP) is 5.17. The maximum atomic E-state index is 12.4. The van der Waals surface area contributed by atoms with Gasteiger partial charge in [0.1, 0.15) is 11.1 Å².